The highest BCUT2D eigenvalue weighted by molar-refractivity contribution is 5.40. The maximum atomic E-state index is 9.09. The number of hydrogen-bond donors (Lipinski definition) is 2. The van der Waals surface area contributed by atoms with Crippen molar-refractivity contribution in [2.75, 3.05) is 5.32 Å². The van der Waals surface area contributed by atoms with Crippen molar-refractivity contribution in [2.24, 2.45) is 0 Å². The van der Waals surface area contributed by atoms with Crippen molar-refractivity contribution in [3.63, 3.8) is 0 Å². The van der Waals surface area contributed by atoms with Crippen LogP contribution in [0.1, 0.15) is 18.5 Å². The highest BCUT2D eigenvalue weighted by Gasteiger charge is 2.27. The Labute approximate surface area is 77.0 Å². The molecule has 0 bridgehead atoms. The molecule has 70 valence electrons. The number of aliphatic hydroxyl groups is 1. The summed E-state index contributed by atoms with van der Waals surface area (Å²) in [5, 5.41) is 12.3. The van der Waals surface area contributed by atoms with E-state index in [9.17, 15) is 0 Å². The fourth-order valence-corrected chi connectivity index (χ4v) is 1.45. The van der Waals surface area contributed by atoms with Crippen LogP contribution in [0.3, 0.4) is 0 Å². The Bertz CT molecular complexity index is 297. The molecule has 0 aliphatic heterocycles. The average Bonchev–Trinajstić information content (AvgIpc) is 2.06. The topological polar surface area (TPSA) is 58.0 Å². The van der Waals surface area contributed by atoms with E-state index in [4.69, 9.17) is 5.11 Å². The average molecular weight is 179 g/mol. The summed E-state index contributed by atoms with van der Waals surface area (Å²) >= 11 is 0. The van der Waals surface area contributed by atoms with Gasteiger partial charge in [-0.1, -0.05) is 0 Å². The van der Waals surface area contributed by atoms with Crippen LogP contribution in [0.25, 0.3) is 0 Å². The van der Waals surface area contributed by atoms with Gasteiger partial charge in [-0.05, 0) is 19.8 Å². The van der Waals surface area contributed by atoms with Crippen LogP contribution in [0, 0.1) is 6.92 Å². The number of anilines is 1. The van der Waals surface area contributed by atoms with E-state index in [0.29, 0.717) is 6.04 Å². The predicted molar refractivity (Wildman–Crippen MR) is 49.4 cm³/mol. The Morgan fingerprint density at radius 2 is 2.08 bits per heavy atom. The summed E-state index contributed by atoms with van der Waals surface area (Å²) in [6, 6.07) is 0.366. The number of hydrogen-bond acceptors (Lipinski definition) is 4. The maximum Gasteiger partial charge on any atom is 0.147 e. The largest absolute Gasteiger partial charge is 0.393 e. The van der Waals surface area contributed by atoms with Gasteiger partial charge >= 0.3 is 0 Å². The number of nitrogens with zero attached hydrogens (tertiary/aromatic N) is 2. The van der Waals surface area contributed by atoms with E-state index in [1.807, 2.05) is 6.92 Å². The van der Waals surface area contributed by atoms with Gasteiger partial charge in [0, 0.05) is 18.4 Å². The number of rotatable bonds is 2. The second-order valence-corrected chi connectivity index (χ2v) is 3.46. The van der Waals surface area contributed by atoms with Gasteiger partial charge in [0.2, 0.25) is 0 Å². The zero-order chi connectivity index (χ0) is 9.26. The molecule has 1 saturated carbocycles. The van der Waals surface area contributed by atoms with Crippen LogP contribution in [0.4, 0.5) is 5.82 Å². The summed E-state index contributed by atoms with van der Waals surface area (Å²) in [6.45, 7) is 1.92. The number of aliphatic hydroxyl groups excluding tert-OH is 1. The summed E-state index contributed by atoms with van der Waals surface area (Å²) in [5.41, 5.74) is 0.906. The third-order valence-electron chi connectivity index (χ3n) is 2.34. The lowest BCUT2D eigenvalue weighted by molar-refractivity contribution is 0.0835. The summed E-state index contributed by atoms with van der Waals surface area (Å²) in [5.74, 6) is 0.833. The molecule has 4 heteroatoms. The quantitative estimate of drug-likeness (QED) is 0.702. The third-order valence-corrected chi connectivity index (χ3v) is 2.34. The second kappa shape index (κ2) is 3.30. The minimum Gasteiger partial charge on any atom is -0.393 e. The molecule has 0 atom stereocenters. The molecule has 0 amide bonds. The smallest absolute Gasteiger partial charge is 0.147 e. The zero-order valence-corrected chi connectivity index (χ0v) is 7.57. The third kappa shape index (κ3) is 1.78. The molecule has 0 radical (unpaired) electrons. The van der Waals surface area contributed by atoms with Crippen molar-refractivity contribution >= 4 is 5.82 Å². The Kier molecular flexibility index (Phi) is 2.14. The lowest BCUT2D eigenvalue weighted by atomic mass is 9.89. The molecule has 13 heavy (non-hydrogen) atoms. The van der Waals surface area contributed by atoms with Gasteiger partial charge in [-0.3, -0.25) is 4.98 Å². The van der Waals surface area contributed by atoms with Crippen molar-refractivity contribution in [3.8, 4) is 0 Å². The minimum absolute atomic E-state index is 0.130. The van der Waals surface area contributed by atoms with E-state index in [1.54, 1.807) is 12.4 Å². The lowest BCUT2D eigenvalue weighted by Crippen LogP contribution is -2.39. The molecule has 1 heterocycles. The Morgan fingerprint density at radius 1 is 1.38 bits per heavy atom. The van der Waals surface area contributed by atoms with E-state index in [2.05, 4.69) is 15.3 Å². The fraction of sp³-hybridized carbons (Fsp3) is 0.556. The van der Waals surface area contributed by atoms with Crippen molar-refractivity contribution in [1.29, 1.82) is 0 Å². The van der Waals surface area contributed by atoms with Crippen LogP contribution in [-0.4, -0.2) is 27.2 Å². The molecule has 1 aromatic heterocycles. The minimum atomic E-state index is -0.130. The normalized spacial score (nSPS) is 26.6. The molecule has 1 aromatic rings. The standard InChI is InChI=1S/C9H13N3O/c1-6-9(11-3-2-10-6)12-7-4-8(13)5-7/h2-3,7-8,13H,4-5H2,1H3,(H,11,12). The first-order chi connectivity index (χ1) is 6.25. The molecular weight excluding hydrogens is 166 g/mol. The first kappa shape index (κ1) is 8.44. The molecule has 0 saturated heterocycles. The predicted octanol–water partition coefficient (Wildman–Crippen LogP) is 0.720. The summed E-state index contributed by atoms with van der Waals surface area (Å²) in [6.07, 6.45) is 4.85. The molecule has 0 aromatic carbocycles. The number of nitrogens with one attached hydrogen (secondary N) is 1. The molecule has 4 nitrogen and oxygen atoms in total. The molecular formula is C9H13N3O. The molecule has 2 rings (SSSR count). The van der Waals surface area contributed by atoms with Crippen LogP contribution in [0.5, 0.6) is 0 Å². The Hall–Kier alpha value is -1.16. The summed E-state index contributed by atoms with van der Waals surface area (Å²) < 4.78 is 0. The highest BCUT2D eigenvalue weighted by atomic mass is 16.3. The maximum absolute atomic E-state index is 9.09. The lowest BCUT2D eigenvalue weighted by Gasteiger charge is -2.32. The van der Waals surface area contributed by atoms with Crippen LogP contribution < -0.4 is 5.32 Å². The molecule has 0 spiro atoms. The van der Waals surface area contributed by atoms with Gasteiger partial charge in [0.05, 0.1) is 11.8 Å². The zero-order valence-electron chi connectivity index (χ0n) is 7.57. The van der Waals surface area contributed by atoms with Gasteiger partial charge in [-0.25, -0.2) is 4.98 Å². The van der Waals surface area contributed by atoms with Gasteiger partial charge in [-0.15, -0.1) is 0 Å². The molecule has 1 aliphatic carbocycles. The van der Waals surface area contributed by atoms with Crippen LogP contribution in [0.15, 0.2) is 12.4 Å². The van der Waals surface area contributed by atoms with Gasteiger partial charge in [0.25, 0.3) is 0 Å². The van der Waals surface area contributed by atoms with Gasteiger partial charge < -0.3 is 10.4 Å². The van der Waals surface area contributed by atoms with Crippen LogP contribution in [0.2, 0.25) is 0 Å². The fourth-order valence-electron chi connectivity index (χ4n) is 1.45. The van der Waals surface area contributed by atoms with Crippen molar-refractivity contribution in [2.45, 2.75) is 31.9 Å². The summed E-state index contributed by atoms with van der Waals surface area (Å²) in [4.78, 5) is 8.29. The first-order valence-electron chi connectivity index (χ1n) is 4.48. The van der Waals surface area contributed by atoms with E-state index in [1.165, 1.54) is 0 Å². The highest BCUT2D eigenvalue weighted by Crippen LogP contribution is 2.23. The van der Waals surface area contributed by atoms with Crippen molar-refractivity contribution in [1.82, 2.24) is 9.97 Å². The van der Waals surface area contributed by atoms with E-state index in [-0.39, 0.29) is 6.10 Å². The van der Waals surface area contributed by atoms with E-state index < -0.39 is 0 Å². The van der Waals surface area contributed by atoms with Gasteiger partial charge in [0.1, 0.15) is 5.82 Å². The first-order valence-corrected chi connectivity index (χ1v) is 4.48. The van der Waals surface area contributed by atoms with E-state index in [0.717, 1.165) is 24.4 Å². The Morgan fingerprint density at radius 3 is 2.69 bits per heavy atom. The van der Waals surface area contributed by atoms with E-state index >= 15 is 0 Å². The number of aryl methyl sites for hydroxylation is 1. The van der Waals surface area contributed by atoms with Crippen molar-refractivity contribution < 1.29 is 5.11 Å². The molecule has 1 fully saturated rings. The number of aromatic nitrogens is 2. The van der Waals surface area contributed by atoms with Crippen molar-refractivity contribution in [3.05, 3.63) is 18.1 Å². The van der Waals surface area contributed by atoms with Crippen LogP contribution in [-0.2, 0) is 0 Å². The molecule has 2 N–H and O–H groups in total. The van der Waals surface area contributed by atoms with Gasteiger partial charge in [0.15, 0.2) is 0 Å². The summed E-state index contributed by atoms with van der Waals surface area (Å²) in [7, 11) is 0. The SMILES string of the molecule is Cc1nccnc1NC1CC(O)C1. The molecule has 0 unspecified atom stereocenters. The van der Waals surface area contributed by atoms with Gasteiger partial charge in [-0.2, -0.15) is 0 Å². The molecule has 1 aliphatic rings. The Balaban J connectivity index is 1.98. The second-order valence-electron chi connectivity index (χ2n) is 3.46. The monoisotopic (exact) mass is 179 g/mol. The van der Waals surface area contributed by atoms with Crippen LogP contribution >= 0.6 is 0 Å².